The molecular formula is C12H10N2O2S. The van der Waals surface area contributed by atoms with Gasteiger partial charge in [-0.25, -0.2) is 8.42 Å². The molecule has 5 heteroatoms. The highest BCUT2D eigenvalue weighted by molar-refractivity contribution is 7.91. The summed E-state index contributed by atoms with van der Waals surface area (Å²) in [7, 11) is -3.46. The maximum atomic E-state index is 11.7. The third kappa shape index (κ3) is 1.73. The van der Waals surface area contributed by atoms with Crippen LogP contribution < -0.4 is 5.73 Å². The van der Waals surface area contributed by atoms with Crippen molar-refractivity contribution in [2.75, 3.05) is 12.0 Å². The number of nitriles is 1. The number of sulfone groups is 1. The molecule has 0 heterocycles. The number of hydrogen-bond acceptors (Lipinski definition) is 4. The predicted octanol–water partition coefficient (Wildman–Crippen LogP) is 1.65. The minimum Gasteiger partial charge on any atom is -0.397 e. The zero-order chi connectivity index (χ0) is 12.6. The van der Waals surface area contributed by atoms with E-state index >= 15 is 0 Å². The molecule has 0 amide bonds. The van der Waals surface area contributed by atoms with Crippen LogP contribution >= 0.6 is 0 Å². The van der Waals surface area contributed by atoms with Crippen LogP contribution in [-0.2, 0) is 9.84 Å². The van der Waals surface area contributed by atoms with Gasteiger partial charge in [0, 0.05) is 17.4 Å². The molecule has 86 valence electrons. The summed E-state index contributed by atoms with van der Waals surface area (Å²) in [6, 6.07) is 10.5. The molecule has 0 radical (unpaired) electrons. The van der Waals surface area contributed by atoms with E-state index in [1.165, 1.54) is 0 Å². The van der Waals surface area contributed by atoms with Gasteiger partial charge >= 0.3 is 0 Å². The number of fused-ring (bicyclic) bond motifs is 1. The molecule has 0 aliphatic heterocycles. The molecule has 2 rings (SSSR count). The summed E-state index contributed by atoms with van der Waals surface area (Å²) < 4.78 is 23.4. The van der Waals surface area contributed by atoms with Crippen molar-refractivity contribution in [3.8, 4) is 17.2 Å². The number of nitrogens with two attached hydrogens (primary N) is 1. The first-order valence-corrected chi connectivity index (χ1v) is 6.76. The van der Waals surface area contributed by atoms with E-state index in [9.17, 15) is 8.42 Å². The summed E-state index contributed by atoms with van der Waals surface area (Å²) in [4.78, 5) is 0.0419. The SMILES string of the molecule is CS(=O)(=O)c1c2cccccc-2c(C#N)c1N. The van der Waals surface area contributed by atoms with Crippen molar-refractivity contribution in [1.29, 1.82) is 5.26 Å². The summed E-state index contributed by atoms with van der Waals surface area (Å²) in [5.41, 5.74) is 7.07. The van der Waals surface area contributed by atoms with Gasteiger partial charge in [0.05, 0.1) is 16.1 Å². The second-order valence-electron chi connectivity index (χ2n) is 3.74. The van der Waals surface area contributed by atoms with Crippen LogP contribution in [-0.4, -0.2) is 14.7 Å². The van der Waals surface area contributed by atoms with E-state index < -0.39 is 9.84 Å². The summed E-state index contributed by atoms with van der Waals surface area (Å²) in [6.07, 6.45) is 1.09. The van der Waals surface area contributed by atoms with Gasteiger partial charge < -0.3 is 5.73 Å². The highest BCUT2D eigenvalue weighted by atomic mass is 32.2. The van der Waals surface area contributed by atoms with E-state index in [0.717, 1.165) is 6.26 Å². The highest BCUT2D eigenvalue weighted by Gasteiger charge is 2.26. The van der Waals surface area contributed by atoms with Crippen LogP contribution in [0.2, 0.25) is 0 Å². The largest absolute Gasteiger partial charge is 0.397 e. The summed E-state index contributed by atoms with van der Waals surface area (Å²) in [5.74, 6) is 0. The first kappa shape index (κ1) is 11.4. The van der Waals surface area contributed by atoms with Crippen molar-refractivity contribution >= 4 is 15.5 Å². The minimum absolute atomic E-state index is 0.0381. The van der Waals surface area contributed by atoms with Gasteiger partial charge in [-0.15, -0.1) is 0 Å². The van der Waals surface area contributed by atoms with Crippen molar-refractivity contribution in [2.24, 2.45) is 0 Å². The Kier molecular flexibility index (Phi) is 2.52. The van der Waals surface area contributed by atoms with Crippen molar-refractivity contribution in [1.82, 2.24) is 0 Å². The number of rotatable bonds is 1. The third-order valence-corrected chi connectivity index (χ3v) is 3.73. The van der Waals surface area contributed by atoms with Crippen LogP contribution in [0.3, 0.4) is 0 Å². The average molecular weight is 246 g/mol. The summed E-state index contributed by atoms with van der Waals surface area (Å²) >= 11 is 0. The lowest BCUT2D eigenvalue weighted by atomic mass is 10.1. The maximum Gasteiger partial charge on any atom is 0.178 e. The van der Waals surface area contributed by atoms with Crippen LogP contribution in [0, 0.1) is 11.3 Å². The smallest absolute Gasteiger partial charge is 0.178 e. The molecule has 2 aliphatic carbocycles. The molecular weight excluding hydrogens is 236 g/mol. The van der Waals surface area contributed by atoms with Crippen molar-refractivity contribution in [2.45, 2.75) is 4.90 Å². The van der Waals surface area contributed by atoms with Gasteiger partial charge in [-0.05, 0) is 0 Å². The molecule has 0 atom stereocenters. The zero-order valence-electron chi connectivity index (χ0n) is 9.14. The standard InChI is InChI=1S/C12H10N2O2S/c1-17(15,16)12-9-6-4-2-3-5-8(9)10(7-13)11(12)14/h2-6H,14H2,1H3. The topological polar surface area (TPSA) is 84.0 Å². The van der Waals surface area contributed by atoms with Crippen LogP contribution in [0.25, 0.3) is 11.1 Å². The Bertz CT molecular complexity index is 699. The molecule has 0 aromatic heterocycles. The molecule has 0 saturated carbocycles. The fraction of sp³-hybridized carbons (Fsp3) is 0.0833. The fourth-order valence-electron chi connectivity index (χ4n) is 1.89. The lowest BCUT2D eigenvalue weighted by molar-refractivity contribution is 0.603. The predicted molar refractivity (Wildman–Crippen MR) is 65.3 cm³/mol. The lowest BCUT2D eigenvalue weighted by Gasteiger charge is -1.99. The van der Waals surface area contributed by atoms with Crippen molar-refractivity contribution in [3.63, 3.8) is 0 Å². The molecule has 0 aromatic carbocycles. The second-order valence-corrected chi connectivity index (χ2v) is 5.69. The van der Waals surface area contributed by atoms with Gasteiger partial charge in [0.25, 0.3) is 0 Å². The number of hydrogen-bond donors (Lipinski definition) is 1. The molecule has 0 aromatic rings. The Morgan fingerprint density at radius 1 is 1.18 bits per heavy atom. The summed E-state index contributed by atoms with van der Waals surface area (Å²) in [6.45, 7) is 0. The minimum atomic E-state index is -3.46. The monoisotopic (exact) mass is 246 g/mol. The van der Waals surface area contributed by atoms with Gasteiger partial charge in [-0.2, -0.15) is 5.26 Å². The Hall–Kier alpha value is -2.06. The Balaban J connectivity index is 3.00. The lowest BCUT2D eigenvalue weighted by Crippen LogP contribution is -2.00. The maximum absolute atomic E-state index is 11.7. The molecule has 2 aliphatic rings. The normalized spacial score (nSPS) is 11.3. The fourth-order valence-corrected chi connectivity index (χ4v) is 2.97. The second kappa shape index (κ2) is 3.75. The van der Waals surface area contributed by atoms with Gasteiger partial charge in [-0.3, -0.25) is 0 Å². The highest BCUT2D eigenvalue weighted by Crippen LogP contribution is 2.40. The molecule has 0 spiro atoms. The quantitative estimate of drug-likeness (QED) is 0.829. The van der Waals surface area contributed by atoms with E-state index in [1.807, 2.05) is 6.07 Å². The van der Waals surface area contributed by atoms with Crippen LogP contribution in [0.5, 0.6) is 0 Å². The number of nitrogen functional groups attached to an aromatic ring is 1. The Labute approximate surface area is 99.6 Å². The Morgan fingerprint density at radius 3 is 2.29 bits per heavy atom. The molecule has 0 bridgehead atoms. The molecule has 0 unspecified atom stereocenters. The summed E-state index contributed by atoms with van der Waals surface area (Å²) in [5, 5.41) is 9.05. The molecule has 0 fully saturated rings. The molecule has 0 saturated heterocycles. The van der Waals surface area contributed by atoms with Gasteiger partial charge in [-0.1, -0.05) is 30.3 Å². The van der Waals surface area contributed by atoms with Crippen LogP contribution in [0.4, 0.5) is 5.69 Å². The van der Waals surface area contributed by atoms with E-state index in [2.05, 4.69) is 0 Å². The Morgan fingerprint density at radius 2 is 1.76 bits per heavy atom. The van der Waals surface area contributed by atoms with Gasteiger partial charge in [0.1, 0.15) is 6.07 Å². The molecule has 4 nitrogen and oxygen atoms in total. The average Bonchev–Trinajstić information content (AvgIpc) is 2.37. The van der Waals surface area contributed by atoms with E-state index in [-0.39, 0.29) is 16.1 Å². The van der Waals surface area contributed by atoms with Crippen LogP contribution in [0.1, 0.15) is 5.56 Å². The van der Waals surface area contributed by atoms with Gasteiger partial charge in [0.15, 0.2) is 9.84 Å². The number of nitrogens with zero attached hydrogens (tertiary/aromatic N) is 1. The van der Waals surface area contributed by atoms with Crippen molar-refractivity contribution in [3.05, 3.63) is 35.9 Å². The number of anilines is 1. The van der Waals surface area contributed by atoms with Gasteiger partial charge in [0.2, 0.25) is 0 Å². The third-order valence-electron chi connectivity index (χ3n) is 2.55. The van der Waals surface area contributed by atoms with E-state index in [4.69, 9.17) is 11.0 Å². The zero-order valence-corrected chi connectivity index (χ0v) is 9.95. The van der Waals surface area contributed by atoms with E-state index in [0.29, 0.717) is 11.1 Å². The first-order chi connectivity index (χ1) is 7.96. The molecule has 17 heavy (non-hydrogen) atoms. The molecule has 2 N–H and O–H groups in total. The van der Waals surface area contributed by atoms with E-state index in [1.54, 1.807) is 30.3 Å². The van der Waals surface area contributed by atoms with Crippen LogP contribution in [0.15, 0.2) is 35.2 Å². The van der Waals surface area contributed by atoms with Crippen molar-refractivity contribution < 1.29 is 8.42 Å². The first-order valence-electron chi connectivity index (χ1n) is 4.87.